The van der Waals surface area contributed by atoms with E-state index in [1.54, 1.807) is 36.0 Å². The van der Waals surface area contributed by atoms with Crippen molar-refractivity contribution in [3.63, 3.8) is 0 Å². The van der Waals surface area contributed by atoms with Crippen molar-refractivity contribution in [1.82, 2.24) is 19.6 Å². The molecule has 0 unspecified atom stereocenters. The summed E-state index contributed by atoms with van der Waals surface area (Å²) < 4.78 is 0. The van der Waals surface area contributed by atoms with Gasteiger partial charge in [0.2, 0.25) is 5.91 Å². The van der Waals surface area contributed by atoms with E-state index in [4.69, 9.17) is 0 Å². The maximum atomic E-state index is 12.5. The van der Waals surface area contributed by atoms with E-state index < -0.39 is 0 Å². The third-order valence-electron chi connectivity index (χ3n) is 7.06. The standard InChI is InChI=1S/C15H20N2O2.C15H24N2/c1-16(2)15(19)13-10-6-7-11-17(13)14(18)12-8-4-3-5-9-12;1-16(2)13-15-10-6-7-11-17(15)12-14-8-4-3-5-9-14/h3-5,8-9,13H,6-7,10-11H2,1-2H3;3-5,8-9,15H,6-7,10-13H2,1-2H3/t13-;15-/m00/s1. The first-order valence-electron chi connectivity index (χ1n) is 13.4. The van der Waals surface area contributed by atoms with Crippen LogP contribution in [0.25, 0.3) is 0 Å². The Morgan fingerprint density at radius 2 is 1.42 bits per heavy atom. The number of likely N-dealkylation sites (tertiary alicyclic amines) is 2. The number of amides is 2. The molecule has 2 aliphatic rings. The minimum Gasteiger partial charge on any atom is -0.347 e. The highest BCUT2D eigenvalue weighted by molar-refractivity contribution is 5.97. The minimum absolute atomic E-state index is 0.0176. The molecule has 6 heteroatoms. The van der Waals surface area contributed by atoms with Crippen molar-refractivity contribution in [3.8, 4) is 0 Å². The van der Waals surface area contributed by atoms with Crippen molar-refractivity contribution in [2.75, 3.05) is 47.8 Å². The van der Waals surface area contributed by atoms with Gasteiger partial charge in [0.15, 0.2) is 0 Å². The number of nitrogens with zero attached hydrogens (tertiary/aromatic N) is 4. The monoisotopic (exact) mass is 492 g/mol. The second-order valence-electron chi connectivity index (χ2n) is 10.5. The summed E-state index contributed by atoms with van der Waals surface area (Å²) in [7, 11) is 7.83. The zero-order valence-electron chi connectivity index (χ0n) is 22.6. The van der Waals surface area contributed by atoms with Crippen molar-refractivity contribution in [1.29, 1.82) is 0 Å². The van der Waals surface area contributed by atoms with E-state index >= 15 is 0 Å². The Labute approximate surface area is 217 Å². The fourth-order valence-corrected chi connectivity index (χ4v) is 5.19. The first-order valence-corrected chi connectivity index (χ1v) is 13.4. The van der Waals surface area contributed by atoms with Crippen LogP contribution < -0.4 is 0 Å². The average molecular weight is 493 g/mol. The summed E-state index contributed by atoms with van der Waals surface area (Å²) in [6, 6.07) is 20.5. The molecule has 0 N–H and O–H groups in total. The molecule has 0 radical (unpaired) electrons. The second kappa shape index (κ2) is 14.1. The number of carbonyl (C=O) groups is 2. The molecule has 0 saturated carbocycles. The van der Waals surface area contributed by atoms with Gasteiger partial charge in [-0.1, -0.05) is 55.0 Å². The lowest BCUT2D eigenvalue weighted by Gasteiger charge is -2.37. The van der Waals surface area contributed by atoms with Crippen LogP contribution in [0, 0.1) is 0 Å². The average Bonchev–Trinajstić information content (AvgIpc) is 2.90. The smallest absolute Gasteiger partial charge is 0.254 e. The molecule has 0 aromatic heterocycles. The zero-order valence-corrected chi connectivity index (χ0v) is 22.6. The molecule has 2 atom stereocenters. The number of likely N-dealkylation sites (N-methyl/N-ethyl adjacent to an activating group) is 2. The molecule has 0 aliphatic carbocycles. The summed E-state index contributed by atoms with van der Waals surface area (Å²) in [6.07, 6.45) is 6.83. The van der Waals surface area contributed by atoms with Gasteiger partial charge in [-0.3, -0.25) is 14.5 Å². The molecule has 36 heavy (non-hydrogen) atoms. The minimum atomic E-state index is -0.309. The predicted octanol–water partition coefficient (Wildman–Crippen LogP) is 4.37. The van der Waals surface area contributed by atoms with E-state index in [0.717, 1.165) is 31.8 Å². The van der Waals surface area contributed by atoms with E-state index in [2.05, 4.69) is 54.2 Å². The van der Waals surface area contributed by atoms with Crippen molar-refractivity contribution in [3.05, 3.63) is 71.8 Å². The molecule has 2 aliphatic heterocycles. The van der Waals surface area contributed by atoms with Gasteiger partial charge in [0.05, 0.1) is 0 Å². The first kappa shape index (κ1) is 27.9. The van der Waals surface area contributed by atoms with Crippen LogP contribution in [0.1, 0.15) is 54.4 Å². The van der Waals surface area contributed by atoms with Gasteiger partial charge in [0, 0.05) is 45.3 Å². The highest BCUT2D eigenvalue weighted by atomic mass is 16.2. The van der Waals surface area contributed by atoms with Crippen molar-refractivity contribution >= 4 is 11.8 Å². The summed E-state index contributed by atoms with van der Waals surface area (Å²) in [5.41, 5.74) is 2.10. The summed E-state index contributed by atoms with van der Waals surface area (Å²) >= 11 is 0. The molecule has 196 valence electrons. The number of carbonyl (C=O) groups excluding carboxylic acids is 2. The van der Waals surface area contributed by atoms with Gasteiger partial charge in [0.1, 0.15) is 6.04 Å². The molecule has 2 heterocycles. The van der Waals surface area contributed by atoms with E-state index in [1.807, 2.05) is 18.2 Å². The number of piperidine rings is 2. The molecule has 6 nitrogen and oxygen atoms in total. The third-order valence-corrected chi connectivity index (χ3v) is 7.06. The summed E-state index contributed by atoms with van der Waals surface area (Å²) in [5.74, 6) is -0.0236. The van der Waals surface area contributed by atoms with Crippen molar-refractivity contribution < 1.29 is 9.59 Å². The van der Waals surface area contributed by atoms with Gasteiger partial charge >= 0.3 is 0 Å². The zero-order chi connectivity index (χ0) is 25.9. The summed E-state index contributed by atoms with van der Waals surface area (Å²) in [4.78, 5) is 32.9. The van der Waals surface area contributed by atoms with E-state index in [-0.39, 0.29) is 17.9 Å². The van der Waals surface area contributed by atoms with Crippen LogP contribution in [-0.2, 0) is 11.3 Å². The highest BCUT2D eigenvalue weighted by Gasteiger charge is 2.33. The fourth-order valence-electron chi connectivity index (χ4n) is 5.19. The van der Waals surface area contributed by atoms with Crippen LogP contribution in [-0.4, -0.2) is 91.3 Å². The number of rotatable bonds is 6. The third kappa shape index (κ3) is 8.17. The Hall–Kier alpha value is -2.70. The van der Waals surface area contributed by atoms with Crippen molar-refractivity contribution in [2.24, 2.45) is 0 Å². The fraction of sp³-hybridized carbons (Fsp3) is 0.533. The molecule has 2 amide bonds. The Balaban J connectivity index is 0.000000202. The van der Waals surface area contributed by atoms with Gasteiger partial charge in [-0.05, 0) is 70.4 Å². The van der Waals surface area contributed by atoms with Crippen LogP contribution in [0.4, 0.5) is 0 Å². The lowest BCUT2D eigenvalue weighted by atomic mass is 9.99. The predicted molar refractivity (Wildman–Crippen MR) is 147 cm³/mol. The first-order chi connectivity index (χ1) is 17.4. The Bertz CT molecular complexity index is 932. The maximum Gasteiger partial charge on any atom is 0.254 e. The molecule has 4 rings (SSSR count). The molecular weight excluding hydrogens is 448 g/mol. The Kier molecular flexibility index (Phi) is 11.0. The van der Waals surface area contributed by atoms with E-state index in [1.165, 1.54) is 37.9 Å². The molecule has 2 saturated heterocycles. The van der Waals surface area contributed by atoms with Crippen LogP contribution in [0.3, 0.4) is 0 Å². The lowest BCUT2D eigenvalue weighted by molar-refractivity contribution is -0.134. The van der Waals surface area contributed by atoms with E-state index in [9.17, 15) is 9.59 Å². The lowest BCUT2D eigenvalue weighted by Crippen LogP contribution is -2.51. The summed E-state index contributed by atoms with van der Waals surface area (Å²) in [6.45, 7) is 4.22. The topological polar surface area (TPSA) is 47.1 Å². The molecule has 2 aromatic carbocycles. The van der Waals surface area contributed by atoms with Crippen LogP contribution >= 0.6 is 0 Å². The van der Waals surface area contributed by atoms with Crippen LogP contribution in [0.5, 0.6) is 0 Å². The molecule has 2 fully saturated rings. The molecule has 0 spiro atoms. The quantitative estimate of drug-likeness (QED) is 0.601. The second-order valence-corrected chi connectivity index (χ2v) is 10.5. The summed E-state index contributed by atoms with van der Waals surface area (Å²) in [5, 5.41) is 0. The van der Waals surface area contributed by atoms with Gasteiger partial charge < -0.3 is 14.7 Å². The maximum absolute atomic E-state index is 12.5. The van der Waals surface area contributed by atoms with Gasteiger partial charge in [-0.15, -0.1) is 0 Å². The molecular formula is C30H44N4O2. The van der Waals surface area contributed by atoms with Crippen LogP contribution in [0.15, 0.2) is 60.7 Å². The van der Waals surface area contributed by atoms with Gasteiger partial charge in [-0.2, -0.15) is 0 Å². The SMILES string of the molecule is CN(C)C(=O)[C@@H]1CCCCN1C(=O)c1ccccc1.CN(C)C[C@@H]1CCCCN1Cc1ccccc1. The van der Waals surface area contributed by atoms with Crippen molar-refractivity contribution in [2.45, 2.75) is 57.2 Å². The van der Waals surface area contributed by atoms with Gasteiger partial charge in [0.25, 0.3) is 5.91 Å². The number of hydrogen-bond donors (Lipinski definition) is 0. The van der Waals surface area contributed by atoms with Crippen LogP contribution in [0.2, 0.25) is 0 Å². The molecule has 2 aromatic rings. The number of benzene rings is 2. The molecule has 0 bridgehead atoms. The Morgan fingerprint density at radius 1 is 0.806 bits per heavy atom. The van der Waals surface area contributed by atoms with Gasteiger partial charge in [-0.25, -0.2) is 0 Å². The normalized spacial score (nSPS) is 20.4. The highest BCUT2D eigenvalue weighted by Crippen LogP contribution is 2.21. The number of hydrogen-bond acceptors (Lipinski definition) is 4. The Morgan fingerprint density at radius 3 is 2.06 bits per heavy atom. The van der Waals surface area contributed by atoms with E-state index in [0.29, 0.717) is 12.1 Å². The largest absolute Gasteiger partial charge is 0.347 e.